The van der Waals surface area contributed by atoms with Crippen molar-refractivity contribution in [3.63, 3.8) is 0 Å². The van der Waals surface area contributed by atoms with E-state index < -0.39 is 13.1 Å². The molecule has 1 unspecified atom stereocenters. The molecule has 0 saturated heterocycles. The van der Waals surface area contributed by atoms with Crippen molar-refractivity contribution in [1.29, 1.82) is 0 Å². The zero-order chi connectivity index (χ0) is 32.4. The van der Waals surface area contributed by atoms with Crippen molar-refractivity contribution >= 4 is 38.9 Å². The van der Waals surface area contributed by atoms with Gasteiger partial charge in [-0.3, -0.25) is 0 Å². The number of hydrogen-bond acceptors (Lipinski definition) is 4. The number of benzene rings is 4. The Labute approximate surface area is 278 Å². The molecule has 6 heteroatoms. The maximum Gasteiger partial charge on any atom is 0.135 e. The van der Waals surface area contributed by atoms with Gasteiger partial charge in [0.05, 0.1) is 17.5 Å². The van der Waals surface area contributed by atoms with Gasteiger partial charge in [0.25, 0.3) is 0 Å². The van der Waals surface area contributed by atoms with Gasteiger partial charge in [-0.05, 0) is 52.4 Å². The molecule has 1 aliphatic rings. The maximum absolute atomic E-state index is 8.27. The van der Waals surface area contributed by atoms with Crippen LogP contribution in [0, 0.1) is 19.9 Å². The number of ether oxygens (including phenoxy) is 1. The first-order chi connectivity index (χ1) is 22.0. The molecule has 5 nitrogen and oxygen atoms in total. The summed E-state index contributed by atoms with van der Waals surface area (Å²) in [6.45, 7) is 12.8. The molecule has 0 radical (unpaired) electrons. The van der Waals surface area contributed by atoms with E-state index in [-0.39, 0.29) is 26.5 Å². The smallest absolute Gasteiger partial charge is 0.135 e. The van der Waals surface area contributed by atoms with E-state index in [0.717, 1.165) is 39.0 Å². The van der Waals surface area contributed by atoms with E-state index in [1.54, 1.807) is 0 Å². The van der Waals surface area contributed by atoms with Crippen molar-refractivity contribution < 1.29 is 29.9 Å². The Balaban J connectivity index is 0.00000386. The second kappa shape index (κ2) is 11.4. The molecule has 0 amide bonds. The standard InChI is InChI=1S/C38H35N4O.Pt/c1-7-37-40(6)32-15-10-11-16-33(32)42(37)30-17-12-18-35(25(30)2)43-27-19-20-29-28-13-8-9-14-31(28)41(34(29)24-27)36-23-26(21-22-39-36)38(3,4)5;/h8-23,37H,1-2,7H2,3-6H3;/q-3;/i6D3;. The minimum absolute atomic E-state index is 0. The summed E-state index contributed by atoms with van der Waals surface area (Å²) in [5.41, 5.74) is 5.87. The minimum atomic E-state index is -2.34. The van der Waals surface area contributed by atoms with Crippen LogP contribution in [0.3, 0.4) is 0 Å². The van der Waals surface area contributed by atoms with Gasteiger partial charge in [-0.1, -0.05) is 80.5 Å². The molecular weight excluding hydrogens is 724 g/mol. The fourth-order valence-corrected chi connectivity index (χ4v) is 6.03. The Morgan fingerprint density at radius 1 is 0.909 bits per heavy atom. The van der Waals surface area contributed by atoms with Gasteiger partial charge in [-0.2, -0.15) is 13.0 Å². The molecule has 0 spiro atoms. The Morgan fingerprint density at radius 2 is 1.66 bits per heavy atom. The molecule has 6 aromatic rings. The topological polar surface area (TPSA) is 33.5 Å². The number of nitrogens with zero attached hydrogens (tertiary/aromatic N) is 4. The van der Waals surface area contributed by atoms with Crippen LogP contribution in [0.4, 0.5) is 17.1 Å². The fourth-order valence-electron chi connectivity index (χ4n) is 6.03. The van der Waals surface area contributed by atoms with E-state index in [9.17, 15) is 0 Å². The monoisotopic (exact) mass is 761 g/mol. The van der Waals surface area contributed by atoms with Gasteiger partial charge < -0.3 is 26.0 Å². The molecule has 7 rings (SSSR count). The summed E-state index contributed by atoms with van der Waals surface area (Å²) < 4.78 is 33.5. The molecule has 4 aromatic carbocycles. The largest absolute Gasteiger partial charge is 0.540 e. The average Bonchev–Trinajstić information content (AvgIpc) is 3.54. The molecule has 0 aliphatic carbocycles. The predicted octanol–water partition coefficient (Wildman–Crippen LogP) is 9.39. The Kier molecular flexibility index (Phi) is 6.78. The number of hydrogen-bond donors (Lipinski definition) is 0. The normalized spacial score (nSPS) is 15.9. The second-order valence-electron chi connectivity index (χ2n) is 11.9. The van der Waals surface area contributed by atoms with Gasteiger partial charge >= 0.3 is 0 Å². The third kappa shape index (κ3) is 4.84. The number of para-hydroxylation sites is 3. The first-order valence-corrected chi connectivity index (χ1v) is 14.5. The van der Waals surface area contributed by atoms with Crippen LogP contribution in [-0.4, -0.2) is 22.7 Å². The fraction of sp³-hybridized carbons (Fsp3) is 0.184. The molecule has 226 valence electrons. The molecule has 0 fully saturated rings. The van der Waals surface area contributed by atoms with Crippen LogP contribution >= 0.6 is 0 Å². The van der Waals surface area contributed by atoms with Crippen LogP contribution < -0.4 is 14.5 Å². The van der Waals surface area contributed by atoms with Gasteiger partial charge in [0.15, 0.2) is 0 Å². The molecule has 1 aliphatic heterocycles. The van der Waals surface area contributed by atoms with Gasteiger partial charge in [0, 0.05) is 49.6 Å². The van der Waals surface area contributed by atoms with Crippen LogP contribution in [0.25, 0.3) is 27.6 Å². The second-order valence-corrected chi connectivity index (χ2v) is 11.9. The summed E-state index contributed by atoms with van der Waals surface area (Å²) in [6.07, 6.45) is 1.69. The van der Waals surface area contributed by atoms with Crippen molar-refractivity contribution in [2.75, 3.05) is 16.8 Å². The van der Waals surface area contributed by atoms with Crippen LogP contribution in [0.15, 0.2) is 97.2 Å². The van der Waals surface area contributed by atoms with Gasteiger partial charge in [-0.25, -0.2) is 4.98 Å². The quantitative estimate of drug-likeness (QED) is 0.164. The van der Waals surface area contributed by atoms with Crippen LogP contribution in [0.1, 0.15) is 42.4 Å². The van der Waals surface area contributed by atoms with Crippen LogP contribution in [0.2, 0.25) is 0 Å². The van der Waals surface area contributed by atoms with E-state index in [0.29, 0.717) is 29.2 Å². The van der Waals surface area contributed by atoms with E-state index in [4.69, 9.17) is 13.8 Å². The molecule has 0 bridgehead atoms. The Bertz CT molecular complexity index is 2100. The van der Waals surface area contributed by atoms with Crippen LogP contribution in [-0.2, 0) is 26.5 Å². The minimum Gasteiger partial charge on any atom is -0.540 e. The number of rotatable bonds is 5. The summed E-state index contributed by atoms with van der Waals surface area (Å²) >= 11 is 0. The predicted molar refractivity (Wildman–Crippen MR) is 178 cm³/mol. The SMILES string of the molecule is [2H]C([2H])([2H])N1c2ccccc2N(c2cccc(Oc3[c-]c4c(cc3)c3ccccc3n4-c3cc(C(C)(C)C)ccn3)c2[CH2-])C1C[CH2-].[Pt]. The van der Waals surface area contributed by atoms with Crippen molar-refractivity contribution in [1.82, 2.24) is 9.55 Å². The summed E-state index contributed by atoms with van der Waals surface area (Å²) in [6, 6.07) is 33.2. The summed E-state index contributed by atoms with van der Waals surface area (Å²) in [5.74, 6) is 1.90. The molecule has 3 heterocycles. The van der Waals surface area contributed by atoms with E-state index in [2.05, 4.69) is 75.6 Å². The molecule has 0 N–H and O–H groups in total. The first-order valence-electron chi connectivity index (χ1n) is 16.0. The zero-order valence-electron chi connectivity index (χ0n) is 27.9. The molecular formula is C38H35N4OPt-3. The molecule has 0 saturated carbocycles. The Morgan fingerprint density at radius 3 is 2.43 bits per heavy atom. The van der Waals surface area contributed by atoms with Crippen molar-refractivity contribution in [2.24, 2.45) is 0 Å². The van der Waals surface area contributed by atoms with Gasteiger partial charge in [0.2, 0.25) is 0 Å². The third-order valence-electron chi connectivity index (χ3n) is 8.24. The molecule has 1 atom stereocenters. The van der Waals surface area contributed by atoms with Crippen molar-refractivity contribution in [3.8, 4) is 17.3 Å². The summed E-state index contributed by atoms with van der Waals surface area (Å²) in [7, 11) is 0. The number of aromatic nitrogens is 2. The van der Waals surface area contributed by atoms with E-state index in [1.807, 2.05) is 71.8 Å². The van der Waals surface area contributed by atoms with Crippen LogP contribution in [0.5, 0.6) is 11.5 Å². The van der Waals surface area contributed by atoms with Crippen molar-refractivity contribution in [3.05, 3.63) is 128 Å². The number of fused-ring (bicyclic) bond motifs is 4. The average molecular weight is 762 g/mol. The number of pyridine rings is 1. The van der Waals surface area contributed by atoms with E-state index >= 15 is 0 Å². The number of anilines is 3. The van der Waals surface area contributed by atoms with Crippen molar-refractivity contribution in [2.45, 2.75) is 38.8 Å². The molecule has 2 aromatic heterocycles. The third-order valence-corrected chi connectivity index (χ3v) is 8.24. The first kappa shape index (κ1) is 26.2. The maximum atomic E-state index is 8.27. The summed E-state index contributed by atoms with van der Waals surface area (Å²) in [4.78, 5) is 8.24. The Hall–Kier alpha value is -4.21. The van der Waals surface area contributed by atoms with Gasteiger partial charge in [0.1, 0.15) is 5.82 Å². The zero-order valence-corrected chi connectivity index (χ0v) is 27.2. The van der Waals surface area contributed by atoms with Gasteiger partial charge in [-0.15, -0.1) is 29.5 Å². The van der Waals surface area contributed by atoms with E-state index in [1.165, 1.54) is 10.5 Å². The molecule has 44 heavy (non-hydrogen) atoms. The summed E-state index contributed by atoms with van der Waals surface area (Å²) in [5, 5.41) is 2.15.